The van der Waals surface area contributed by atoms with Crippen LogP contribution in [-0.2, 0) is 15.0 Å². The molecule has 4 amide bonds. The van der Waals surface area contributed by atoms with E-state index >= 15 is 0 Å². The Morgan fingerprint density at radius 2 is 1.89 bits per heavy atom. The summed E-state index contributed by atoms with van der Waals surface area (Å²) in [7, 11) is 0. The molecule has 150 valence electrons. The Labute approximate surface area is 164 Å². The van der Waals surface area contributed by atoms with Crippen molar-refractivity contribution in [2.75, 3.05) is 11.9 Å². The fourth-order valence-electron chi connectivity index (χ4n) is 3.34. The quantitative estimate of drug-likeness (QED) is 0.688. The van der Waals surface area contributed by atoms with E-state index in [-0.39, 0.29) is 17.9 Å². The lowest BCUT2D eigenvalue weighted by Crippen LogP contribution is -2.46. The molecule has 0 radical (unpaired) electrons. The van der Waals surface area contributed by atoms with Gasteiger partial charge in [-0.25, -0.2) is 9.78 Å². The Morgan fingerprint density at radius 3 is 2.46 bits per heavy atom. The summed E-state index contributed by atoms with van der Waals surface area (Å²) in [5, 5.41) is 5.47. The SMILES string of the molecule is CCC1(CC)NC(=O)N(CC(=O)Nc2ccc3nc(C(C)(C)C)[nH]c3c2)C1=O. The van der Waals surface area contributed by atoms with Gasteiger partial charge in [0.15, 0.2) is 0 Å². The molecule has 0 aliphatic carbocycles. The lowest BCUT2D eigenvalue weighted by Gasteiger charge is -2.23. The van der Waals surface area contributed by atoms with Gasteiger partial charge >= 0.3 is 6.03 Å². The molecule has 0 unspecified atom stereocenters. The fraction of sp³-hybridized carbons (Fsp3) is 0.500. The number of imide groups is 1. The van der Waals surface area contributed by atoms with Crippen molar-refractivity contribution < 1.29 is 14.4 Å². The number of aromatic nitrogens is 2. The standard InChI is InChI=1S/C20H27N5O3/c1-6-20(7-2)17(27)25(18(28)24-20)11-15(26)21-12-8-9-13-14(10-12)23-16(22-13)19(3,4)5/h8-10H,6-7,11H2,1-5H3,(H,21,26)(H,22,23)(H,24,28). The molecule has 0 bridgehead atoms. The number of imidazole rings is 1. The van der Waals surface area contributed by atoms with Gasteiger partial charge in [0, 0.05) is 11.1 Å². The van der Waals surface area contributed by atoms with Crippen LogP contribution in [0.3, 0.4) is 0 Å². The lowest BCUT2D eigenvalue weighted by atomic mass is 9.93. The summed E-state index contributed by atoms with van der Waals surface area (Å²) >= 11 is 0. The summed E-state index contributed by atoms with van der Waals surface area (Å²) in [4.78, 5) is 46.0. The number of anilines is 1. The van der Waals surface area contributed by atoms with E-state index in [0.717, 1.165) is 21.8 Å². The monoisotopic (exact) mass is 385 g/mol. The summed E-state index contributed by atoms with van der Waals surface area (Å²) in [6.45, 7) is 9.57. The first kappa shape index (κ1) is 19.9. The Bertz CT molecular complexity index is 937. The van der Waals surface area contributed by atoms with Gasteiger partial charge in [-0.3, -0.25) is 14.5 Å². The van der Waals surface area contributed by atoms with Crippen LogP contribution >= 0.6 is 0 Å². The van der Waals surface area contributed by atoms with Crippen molar-refractivity contribution in [2.45, 2.75) is 58.4 Å². The van der Waals surface area contributed by atoms with E-state index in [1.807, 2.05) is 19.9 Å². The second kappa shape index (κ2) is 6.92. The minimum atomic E-state index is -0.907. The van der Waals surface area contributed by atoms with Crippen LogP contribution in [0.1, 0.15) is 53.3 Å². The third-order valence-electron chi connectivity index (χ3n) is 5.23. The second-order valence-electron chi connectivity index (χ2n) is 8.23. The molecule has 1 aromatic heterocycles. The molecule has 28 heavy (non-hydrogen) atoms. The first-order valence-electron chi connectivity index (χ1n) is 9.54. The summed E-state index contributed by atoms with van der Waals surface area (Å²) < 4.78 is 0. The average Bonchev–Trinajstić information content (AvgIpc) is 3.16. The number of hydrogen-bond acceptors (Lipinski definition) is 4. The molecule has 3 rings (SSSR count). The number of fused-ring (bicyclic) bond motifs is 1. The number of rotatable bonds is 5. The fourth-order valence-corrected chi connectivity index (χ4v) is 3.34. The molecule has 2 aromatic rings. The molecule has 8 nitrogen and oxygen atoms in total. The number of amides is 4. The molecule has 0 atom stereocenters. The van der Waals surface area contributed by atoms with Gasteiger partial charge < -0.3 is 15.6 Å². The molecule has 0 saturated carbocycles. The highest BCUT2D eigenvalue weighted by Gasteiger charge is 2.49. The molecule has 8 heteroatoms. The summed E-state index contributed by atoms with van der Waals surface area (Å²) in [5.41, 5.74) is 1.18. The van der Waals surface area contributed by atoms with Gasteiger partial charge in [0.05, 0.1) is 11.0 Å². The zero-order chi connectivity index (χ0) is 20.7. The predicted molar refractivity (Wildman–Crippen MR) is 107 cm³/mol. The number of nitrogens with one attached hydrogen (secondary N) is 3. The Balaban J connectivity index is 1.73. The van der Waals surface area contributed by atoms with E-state index in [0.29, 0.717) is 18.5 Å². The van der Waals surface area contributed by atoms with Crippen LogP contribution in [0.4, 0.5) is 10.5 Å². The lowest BCUT2D eigenvalue weighted by molar-refractivity contribution is -0.134. The molecule has 1 saturated heterocycles. The predicted octanol–water partition coefficient (Wildman–Crippen LogP) is 2.91. The van der Waals surface area contributed by atoms with E-state index in [2.05, 4.69) is 41.4 Å². The van der Waals surface area contributed by atoms with E-state index in [1.165, 1.54) is 0 Å². The van der Waals surface area contributed by atoms with Crippen molar-refractivity contribution in [1.29, 1.82) is 0 Å². The third kappa shape index (κ3) is 3.46. The third-order valence-corrected chi connectivity index (χ3v) is 5.23. The number of benzene rings is 1. The second-order valence-corrected chi connectivity index (χ2v) is 8.23. The largest absolute Gasteiger partial charge is 0.341 e. The molecular formula is C20H27N5O3. The summed E-state index contributed by atoms with van der Waals surface area (Å²) in [6.07, 6.45) is 0.970. The maximum absolute atomic E-state index is 12.6. The maximum Gasteiger partial charge on any atom is 0.325 e. The van der Waals surface area contributed by atoms with Gasteiger partial charge in [-0.15, -0.1) is 0 Å². The summed E-state index contributed by atoms with van der Waals surface area (Å²) in [5.74, 6) is 0.0821. The number of aromatic amines is 1. The van der Waals surface area contributed by atoms with Crippen LogP contribution < -0.4 is 10.6 Å². The zero-order valence-electron chi connectivity index (χ0n) is 17.0. The number of carbonyl (C=O) groups is 3. The number of urea groups is 1. The van der Waals surface area contributed by atoms with Gasteiger partial charge in [0.2, 0.25) is 5.91 Å². The highest BCUT2D eigenvalue weighted by Crippen LogP contribution is 2.26. The molecule has 2 heterocycles. The minimum Gasteiger partial charge on any atom is -0.341 e. The van der Waals surface area contributed by atoms with Gasteiger partial charge in [-0.1, -0.05) is 34.6 Å². The Kier molecular flexibility index (Phi) is 4.91. The highest BCUT2D eigenvalue weighted by molar-refractivity contribution is 6.10. The van der Waals surface area contributed by atoms with Crippen molar-refractivity contribution in [3.8, 4) is 0 Å². The van der Waals surface area contributed by atoms with Gasteiger partial charge in [0.1, 0.15) is 17.9 Å². The van der Waals surface area contributed by atoms with Crippen molar-refractivity contribution in [1.82, 2.24) is 20.2 Å². The minimum absolute atomic E-state index is 0.114. The number of hydrogen-bond donors (Lipinski definition) is 3. The first-order valence-corrected chi connectivity index (χ1v) is 9.54. The van der Waals surface area contributed by atoms with Crippen molar-refractivity contribution in [3.05, 3.63) is 24.0 Å². The highest BCUT2D eigenvalue weighted by atomic mass is 16.2. The van der Waals surface area contributed by atoms with E-state index in [9.17, 15) is 14.4 Å². The maximum atomic E-state index is 12.6. The number of H-pyrrole nitrogens is 1. The zero-order valence-corrected chi connectivity index (χ0v) is 17.0. The number of nitrogens with zero attached hydrogens (tertiary/aromatic N) is 2. The summed E-state index contributed by atoms with van der Waals surface area (Å²) in [6, 6.07) is 4.84. The smallest absolute Gasteiger partial charge is 0.325 e. The van der Waals surface area contributed by atoms with E-state index < -0.39 is 17.5 Å². The van der Waals surface area contributed by atoms with Gasteiger partial charge in [-0.05, 0) is 31.0 Å². The van der Waals surface area contributed by atoms with Crippen LogP contribution in [0, 0.1) is 0 Å². The van der Waals surface area contributed by atoms with Crippen LogP contribution in [0.5, 0.6) is 0 Å². The Hall–Kier alpha value is -2.90. The van der Waals surface area contributed by atoms with E-state index in [1.54, 1.807) is 12.1 Å². The van der Waals surface area contributed by atoms with Gasteiger partial charge in [-0.2, -0.15) is 0 Å². The van der Waals surface area contributed by atoms with Crippen LogP contribution in [0.15, 0.2) is 18.2 Å². The van der Waals surface area contributed by atoms with Crippen LogP contribution in [-0.4, -0.2) is 44.8 Å². The topological polar surface area (TPSA) is 107 Å². The van der Waals surface area contributed by atoms with Gasteiger partial charge in [0.25, 0.3) is 5.91 Å². The Morgan fingerprint density at radius 1 is 1.21 bits per heavy atom. The molecular weight excluding hydrogens is 358 g/mol. The molecule has 1 aromatic carbocycles. The van der Waals surface area contributed by atoms with Crippen molar-refractivity contribution in [2.24, 2.45) is 0 Å². The van der Waals surface area contributed by atoms with E-state index in [4.69, 9.17) is 0 Å². The number of carbonyl (C=O) groups excluding carboxylic acids is 3. The van der Waals surface area contributed by atoms with Crippen molar-refractivity contribution in [3.63, 3.8) is 0 Å². The van der Waals surface area contributed by atoms with Crippen LogP contribution in [0.2, 0.25) is 0 Å². The molecule has 3 N–H and O–H groups in total. The normalized spacial score (nSPS) is 16.5. The van der Waals surface area contributed by atoms with Crippen LogP contribution in [0.25, 0.3) is 11.0 Å². The molecule has 1 fully saturated rings. The average molecular weight is 385 g/mol. The first-order chi connectivity index (χ1) is 13.1. The molecule has 0 spiro atoms. The molecule has 1 aliphatic rings. The van der Waals surface area contributed by atoms with Crippen molar-refractivity contribution >= 4 is 34.6 Å². The molecule has 1 aliphatic heterocycles.